The van der Waals surface area contributed by atoms with Gasteiger partial charge >= 0.3 is 0 Å². The van der Waals surface area contributed by atoms with E-state index < -0.39 is 5.82 Å². The lowest BCUT2D eigenvalue weighted by molar-refractivity contribution is -0.123. The van der Waals surface area contributed by atoms with Crippen LogP contribution < -0.4 is 10.1 Å². The first kappa shape index (κ1) is 13.8. The van der Waals surface area contributed by atoms with Crippen molar-refractivity contribution in [3.63, 3.8) is 0 Å². The van der Waals surface area contributed by atoms with Crippen molar-refractivity contribution in [1.82, 2.24) is 5.32 Å². The number of ether oxygens (including phenoxy) is 1. The van der Waals surface area contributed by atoms with Gasteiger partial charge in [0.2, 0.25) is 0 Å². The van der Waals surface area contributed by atoms with Crippen LogP contribution in [0.15, 0.2) is 18.2 Å². The van der Waals surface area contributed by atoms with Crippen molar-refractivity contribution >= 4 is 17.5 Å². The van der Waals surface area contributed by atoms with Gasteiger partial charge < -0.3 is 10.1 Å². The van der Waals surface area contributed by atoms with Gasteiger partial charge in [0.25, 0.3) is 5.91 Å². The number of carbonyl (C=O) groups excluding carboxylic acids is 1. The van der Waals surface area contributed by atoms with Crippen LogP contribution >= 0.6 is 11.6 Å². The number of halogens is 2. The quantitative estimate of drug-likeness (QED) is 0.883. The van der Waals surface area contributed by atoms with Crippen molar-refractivity contribution in [2.24, 2.45) is 0 Å². The highest BCUT2D eigenvalue weighted by Gasteiger charge is 2.08. The highest BCUT2D eigenvalue weighted by molar-refractivity contribution is 6.32. The molecule has 94 valence electrons. The number of benzene rings is 1. The summed E-state index contributed by atoms with van der Waals surface area (Å²) >= 11 is 5.75. The summed E-state index contributed by atoms with van der Waals surface area (Å²) in [6.45, 7) is 3.75. The van der Waals surface area contributed by atoms with Crippen molar-refractivity contribution < 1.29 is 13.9 Å². The highest BCUT2D eigenvalue weighted by atomic mass is 35.5. The Morgan fingerprint density at radius 3 is 2.88 bits per heavy atom. The second kappa shape index (κ2) is 6.45. The number of amides is 1. The molecule has 1 aromatic rings. The normalized spacial score (nSPS) is 12.0. The molecule has 0 saturated carbocycles. The first-order valence-electron chi connectivity index (χ1n) is 5.40. The lowest BCUT2D eigenvalue weighted by atomic mass is 10.2. The minimum absolute atomic E-state index is 0.106. The van der Waals surface area contributed by atoms with E-state index in [1.54, 1.807) is 0 Å². The van der Waals surface area contributed by atoms with Crippen LogP contribution in [-0.4, -0.2) is 18.6 Å². The molecule has 0 aliphatic carbocycles. The maximum atomic E-state index is 12.7. The van der Waals surface area contributed by atoms with Crippen molar-refractivity contribution in [3.8, 4) is 5.75 Å². The molecule has 1 unspecified atom stereocenters. The molecule has 0 radical (unpaired) electrons. The van der Waals surface area contributed by atoms with Crippen LogP contribution in [-0.2, 0) is 4.79 Å². The van der Waals surface area contributed by atoms with E-state index in [2.05, 4.69) is 5.32 Å². The van der Waals surface area contributed by atoms with E-state index in [-0.39, 0.29) is 23.6 Å². The SMILES string of the molecule is CCC(C)NC(=O)COc1ccc(F)cc1Cl. The average molecular weight is 260 g/mol. The van der Waals surface area contributed by atoms with Crippen LogP contribution in [0.4, 0.5) is 4.39 Å². The highest BCUT2D eigenvalue weighted by Crippen LogP contribution is 2.24. The molecule has 0 aliphatic heterocycles. The van der Waals surface area contributed by atoms with Gasteiger partial charge in [0.15, 0.2) is 6.61 Å². The molecule has 0 aliphatic rings. The Morgan fingerprint density at radius 1 is 1.59 bits per heavy atom. The van der Waals surface area contributed by atoms with E-state index >= 15 is 0 Å². The molecular weight excluding hydrogens is 245 g/mol. The van der Waals surface area contributed by atoms with Gasteiger partial charge in [-0.2, -0.15) is 0 Å². The van der Waals surface area contributed by atoms with Crippen molar-refractivity contribution in [2.45, 2.75) is 26.3 Å². The molecule has 3 nitrogen and oxygen atoms in total. The van der Waals surface area contributed by atoms with E-state index in [9.17, 15) is 9.18 Å². The monoisotopic (exact) mass is 259 g/mol. The second-order valence-corrected chi connectivity index (χ2v) is 4.15. The molecule has 1 N–H and O–H groups in total. The third-order valence-corrected chi connectivity index (χ3v) is 2.57. The van der Waals surface area contributed by atoms with Crippen molar-refractivity contribution in [1.29, 1.82) is 0 Å². The van der Waals surface area contributed by atoms with Gasteiger partial charge in [-0.1, -0.05) is 18.5 Å². The van der Waals surface area contributed by atoms with Gasteiger partial charge in [-0.05, 0) is 31.5 Å². The lowest BCUT2D eigenvalue weighted by Crippen LogP contribution is -2.35. The fourth-order valence-electron chi connectivity index (χ4n) is 1.15. The van der Waals surface area contributed by atoms with E-state index in [0.29, 0.717) is 5.75 Å². The third kappa shape index (κ3) is 4.61. The van der Waals surface area contributed by atoms with Crippen LogP contribution in [0.2, 0.25) is 5.02 Å². The Morgan fingerprint density at radius 2 is 2.29 bits per heavy atom. The summed E-state index contributed by atoms with van der Waals surface area (Å²) in [6, 6.07) is 3.88. The molecule has 0 fully saturated rings. The largest absolute Gasteiger partial charge is 0.482 e. The first-order chi connectivity index (χ1) is 8.02. The van der Waals surface area contributed by atoms with E-state index in [4.69, 9.17) is 16.3 Å². The summed E-state index contributed by atoms with van der Waals surface area (Å²) in [5.41, 5.74) is 0. The molecule has 0 spiro atoms. The summed E-state index contributed by atoms with van der Waals surface area (Å²) in [7, 11) is 0. The Labute approximate surface area is 105 Å². The predicted octanol–water partition coefficient (Wildman–Crippen LogP) is 2.77. The standard InChI is InChI=1S/C12H15ClFNO2/c1-3-8(2)15-12(16)7-17-11-5-4-9(14)6-10(11)13/h4-6,8H,3,7H2,1-2H3,(H,15,16). The number of carbonyl (C=O) groups is 1. The van der Waals surface area contributed by atoms with Gasteiger partial charge in [0, 0.05) is 6.04 Å². The molecule has 0 aromatic heterocycles. The smallest absolute Gasteiger partial charge is 0.258 e. The minimum atomic E-state index is -0.439. The molecular formula is C12H15ClFNO2. The molecule has 17 heavy (non-hydrogen) atoms. The Bertz CT molecular complexity index is 398. The summed E-state index contributed by atoms with van der Waals surface area (Å²) in [5, 5.41) is 2.90. The molecule has 1 rings (SSSR count). The second-order valence-electron chi connectivity index (χ2n) is 3.74. The Hall–Kier alpha value is -1.29. The number of rotatable bonds is 5. The van der Waals surface area contributed by atoms with E-state index in [1.807, 2.05) is 13.8 Å². The average Bonchev–Trinajstić information content (AvgIpc) is 2.27. The number of hydrogen-bond acceptors (Lipinski definition) is 2. The topological polar surface area (TPSA) is 38.3 Å². The van der Waals surface area contributed by atoms with Crippen LogP contribution in [0.3, 0.4) is 0 Å². The number of hydrogen-bond donors (Lipinski definition) is 1. The summed E-state index contributed by atoms with van der Waals surface area (Å²) in [6.07, 6.45) is 0.850. The number of nitrogens with one attached hydrogen (secondary N) is 1. The van der Waals surface area contributed by atoms with Crippen LogP contribution in [0.5, 0.6) is 5.75 Å². The van der Waals surface area contributed by atoms with Gasteiger partial charge in [-0.15, -0.1) is 0 Å². The van der Waals surface area contributed by atoms with Crippen LogP contribution in [0.1, 0.15) is 20.3 Å². The zero-order valence-electron chi connectivity index (χ0n) is 9.80. The maximum absolute atomic E-state index is 12.7. The van der Waals surface area contributed by atoms with Gasteiger partial charge in [0.05, 0.1) is 5.02 Å². The van der Waals surface area contributed by atoms with Crippen molar-refractivity contribution in [2.75, 3.05) is 6.61 Å². The van der Waals surface area contributed by atoms with E-state index in [0.717, 1.165) is 12.5 Å². The molecule has 0 bridgehead atoms. The zero-order valence-corrected chi connectivity index (χ0v) is 10.6. The van der Waals surface area contributed by atoms with Gasteiger partial charge in [-0.3, -0.25) is 4.79 Å². The molecule has 5 heteroatoms. The Kier molecular flexibility index (Phi) is 5.22. The fraction of sp³-hybridized carbons (Fsp3) is 0.417. The Balaban J connectivity index is 2.47. The van der Waals surface area contributed by atoms with E-state index in [1.165, 1.54) is 12.1 Å². The fourth-order valence-corrected chi connectivity index (χ4v) is 1.38. The van der Waals surface area contributed by atoms with Crippen LogP contribution in [0.25, 0.3) is 0 Å². The predicted molar refractivity (Wildman–Crippen MR) is 64.8 cm³/mol. The first-order valence-corrected chi connectivity index (χ1v) is 5.78. The van der Waals surface area contributed by atoms with Crippen LogP contribution in [0, 0.1) is 5.82 Å². The van der Waals surface area contributed by atoms with Gasteiger partial charge in [0.1, 0.15) is 11.6 Å². The minimum Gasteiger partial charge on any atom is -0.482 e. The third-order valence-electron chi connectivity index (χ3n) is 2.27. The maximum Gasteiger partial charge on any atom is 0.258 e. The zero-order chi connectivity index (χ0) is 12.8. The molecule has 0 saturated heterocycles. The molecule has 1 amide bonds. The van der Waals surface area contributed by atoms with Crippen molar-refractivity contribution in [3.05, 3.63) is 29.0 Å². The molecule has 1 aromatic carbocycles. The summed E-state index contributed by atoms with van der Waals surface area (Å²) in [4.78, 5) is 11.4. The van der Waals surface area contributed by atoms with Gasteiger partial charge in [-0.25, -0.2) is 4.39 Å². The lowest BCUT2D eigenvalue weighted by Gasteiger charge is -2.12. The summed E-state index contributed by atoms with van der Waals surface area (Å²) < 4.78 is 17.9. The molecule has 0 heterocycles. The molecule has 1 atom stereocenters. The summed E-state index contributed by atoms with van der Waals surface area (Å²) in [5.74, 6) is -0.362.